The van der Waals surface area contributed by atoms with Gasteiger partial charge in [0.05, 0.1) is 19.7 Å². The van der Waals surface area contributed by atoms with Gasteiger partial charge in [0.25, 0.3) is 5.91 Å². The summed E-state index contributed by atoms with van der Waals surface area (Å²) in [5.41, 5.74) is 1.63. The maximum absolute atomic E-state index is 12.6. The molecule has 1 atom stereocenters. The van der Waals surface area contributed by atoms with Crippen molar-refractivity contribution in [2.24, 2.45) is 0 Å². The van der Waals surface area contributed by atoms with Crippen LogP contribution in [0.4, 0.5) is 0 Å². The SMILES string of the molecule is COc1cccc(C2CCCN2C(=O)CNC(=O)c2ccccc2)c1. The normalized spacial score (nSPS) is 16.5. The fourth-order valence-electron chi connectivity index (χ4n) is 3.21. The molecule has 0 saturated carbocycles. The van der Waals surface area contributed by atoms with Gasteiger partial charge in [-0.05, 0) is 42.7 Å². The molecule has 0 bridgehead atoms. The van der Waals surface area contributed by atoms with Crippen molar-refractivity contribution in [3.63, 3.8) is 0 Å². The Morgan fingerprint density at radius 3 is 2.72 bits per heavy atom. The first-order valence-corrected chi connectivity index (χ1v) is 8.45. The molecule has 1 fully saturated rings. The summed E-state index contributed by atoms with van der Waals surface area (Å²) in [6, 6.07) is 16.8. The zero-order valence-corrected chi connectivity index (χ0v) is 14.3. The molecule has 1 unspecified atom stereocenters. The fourth-order valence-corrected chi connectivity index (χ4v) is 3.21. The fraction of sp³-hybridized carbons (Fsp3) is 0.300. The van der Waals surface area contributed by atoms with Gasteiger partial charge in [-0.1, -0.05) is 30.3 Å². The van der Waals surface area contributed by atoms with Crippen molar-refractivity contribution < 1.29 is 14.3 Å². The third-order valence-corrected chi connectivity index (χ3v) is 4.49. The highest BCUT2D eigenvalue weighted by Gasteiger charge is 2.30. The summed E-state index contributed by atoms with van der Waals surface area (Å²) in [7, 11) is 1.63. The number of ether oxygens (including phenoxy) is 1. The van der Waals surface area contributed by atoms with Crippen LogP contribution in [0.1, 0.15) is 34.8 Å². The van der Waals surface area contributed by atoms with Crippen LogP contribution in [0.5, 0.6) is 5.75 Å². The lowest BCUT2D eigenvalue weighted by Gasteiger charge is -2.25. The maximum atomic E-state index is 12.6. The predicted octanol–water partition coefficient (Wildman–Crippen LogP) is 2.79. The van der Waals surface area contributed by atoms with E-state index < -0.39 is 0 Å². The van der Waals surface area contributed by atoms with Gasteiger partial charge in [0.1, 0.15) is 5.75 Å². The van der Waals surface area contributed by atoms with Gasteiger partial charge in [-0.2, -0.15) is 0 Å². The molecule has 5 nitrogen and oxygen atoms in total. The average molecular weight is 338 g/mol. The van der Waals surface area contributed by atoms with E-state index in [9.17, 15) is 9.59 Å². The van der Waals surface area contributed by atoms with Crippen molar-refractivity contribution in [1.82, 2.24) is 10.2 Å². The first-order chi connectivity index (χ1) is 12.2. The van der Waals surface area contributed by atoms with Gasteiger partial charge < -0.3 is 15.0 Å². The number of carbonyl (C=O) groups is 2. The largest absolute Gasteiger partial charge is 0.497 e. The first-order valence-electron chi connectivity index (χ1n) is 8.45. The van der Waals surface area contributed by atoms with Crippen molar-refractivity contribution in [2.75, 3.05) is 20.2 Å². The molecule has 1 heterocycles. The van der Waals surface area contributed by atoms with Gasteiger partial charge in [0.15, 0.2) is 0 Å². The Morgan fingerprint density at radius 2 is 1.96 bits per heavy atom. The zero-order valence-electron chi connectivity index (χ0n) is 14.3. The smallest absolute Gasteiger partial charge is 0.251 e. The molecule has 2 aromatic carbocycles. The number of amides is 2. The molecule has 0 radical (unpaired) electrons. The molecule has 25 heavy (non-hydrogen) atoms. The Balaban J connectivity index is 1.63. The summed E-state index contributed by atoms with van der Waals surface area (Å²) in [6.07, 6.45) is 1.88. The predicted molar refractivity (Wildman–Crippen MR) is 95.5 cm³/mol. The standard InChI is InChI=1S/C20H22N2O3/c1-25-17-10-5-9-16(13-17)18-11-6-12-22(18)19(23)14-21-20(24)15-7-3-2-4-8-15/h2-5,7-10,13,18H,6,11-12,14H2,1H3,(H,21,24). The third-order valence-electron chi connectivity index (χ3n) is 4.49. The number of likely N-dealkylation sites (tertiary alicyclic amines) is 1. The molecule has 0 aromatic heterocycles. The lowest BCUT2D eigenvalue weighted by atomic mass is 10.0. The van der Waals surface area contributed by atoms with E-state index in [0.29, 0.717) is 12.1 Å². The van der Waals surface area contributed by atoms with E-state index in [0.717, 1.165) is 24.2 Å². The third kappa shape index (κ3) is 3.99. The quantitative estimate of drug-likeness (QED) is 0.912. The van der Waals surface area contributed by atoms with E-state index >= 15 is 0 Å². The topological polar surface area (TPSA) is 58.6 Å². The number of benzene rings is 2. The van der Waals surface area contributed by atoms with Crippen LogP contribution in [-0.4, -0.2) is 36.9 Å². The van der Waals surface area contributed by atoms with Crippen LogP contribution in [0.25, 0.3) is 0 Å². The number of rotatable bonds is 5. The lowest BCUT2D eigenvalue weighted by molar-refractivity contribution is -0.131. The highest BCUT2D eigenvalue weighted by molar-refractivity contribution is 5.96. The Hall–Kier alpha value is -2.82. The number of hydrogen-bond donors (Lipinski definition) is 1. The van der Waals surface area contributed by atoms with E-state index in [1.165, 1.54) is 0 Å². The summed E-state index contributed by atoms with van der Waals surface area (Å²) >= 11 is 0. The van der Waals surface area contributed by atoms with Crippen LogP contribution in [-0.2, 0) is 4.79 Å². The monoisotopic (exact) mass is 338 g/mol. The van der Waals surface area contributed by atoms with Crippen molar-refractivity contribution >= 4 is 11.8 Å². The minimum Gasteiger partial charge on any atom is -0.497 e. The highest BCUT2D eigenvalue weighted by atomic mass is 16.5. The van der Waals surface area contributed by atoms with Gasteiger partial charge in [-0.3, -0.25) is 9.59 Å². The summed E-state index contributed by atoms with van der Waals surface area (Å²) in [6.45, 7) is 0.718. The van der Waals surface area contributed by atoms with E-state index in [4.69, 9.17) is 4.74 Å². The van der Waals surface area contributed by atoms with E-state index in [1.54, 1.807) is 31.4 Å². The Bertz CT molecular complexity index is 746. The van der Waals surface area contributed by atoms with E-state index in [1.807, 2.05) is 35.2 Å². The molecule has 0 aliphatic carbocycles. The minimum absolute atomic E-state index is 0.00813. The summed E-state index contributed by atoms with van der Waals surface area (Å²) in [5, 5.41) is 2.72. The minimum atomic E-state index is -0.230. The van der Waals surface area contributed by atoms with E-state index in [2.05, 4.69) is 5.32 Å². The number of nitrogens with one attached hydrogen (secondary N) is 1. The number of hydrogen-bond acceptors (Lipinski definition) is 3. The molecule has 2 amide bonds. The van der Waals surface area contributed by atoms with Gasteiger partial charge in [0, 0.05) is 12.1 Å². The van der Waals surface area contributed by atoms with Crippen LogP contribution >= 0.6 is 0 Å². The average Bonchev–Trinajstić information content (AvgIpc) is 3.16. The van der Waals surface area contributed by atoms with Crippen LogP contribution in [0.2, 0.25) is 0 Å². The Labute approximate surface area is 147 Å². The highest BCUT2D eigenvalue weighted by Crippen LogP contribution is 2.33. The lowest BCUT2D eigenvalue weighted by Crippen LogP contribution is -2.39. The maximum Gasteiger partial charge on any atom is 0.251 e. The molecule has 5 heteroatoms. The number of methoxy groups -OCH3 is 1. The molecule has 1 saturated heterocycles. The molecule has 3 rings (SSSR count). The first kappa shape index (κ1) is 17.0. The molecule has 0 spiro atoms. The van der Waals surface area contributed by atoms with Crippen molar-refractivity contribution in [1.29, 1.82) is 0 Å². The molecule has 1 N–H and O–H groups in total. The van der Waals surface area contributed by atoms with Crippen LogP contribution in [0, 0.1) is 0 Å². The molecular weight excluding hydrogens is 316 g/mol. The van der Waals surface area contributed by atoms with Crippen LogP contribution in [0.3, 0.4) is 0 Å². The second-order valence-electron chi connectivity index (χ2n) is 6.07. The molecule has 1 aliphatic heterocycles. The second kappa shape index (κ2) is 7.83. The van der Waals surface area contributed by atoms with Gasteiger partial charge in [-0.25, -0.2) is 0 Å². The summed E-state index contributed by atoms with van der Waals surface area (Å²) < 4.78 is 5.28. The molecule has 1 aliphatic rings. The summed E-state index contributed by atoms with van der Waals surface area (Å²) in [5.74, 6) is 0.495. The van der Waals surface area contributed by atoms with Gasteiger partial charge in [0.2, 0.25) is 5.91 Å². The van der Waals surface area contributed by atoms with Crippen molar-refractivity contribution in [3.05, 3.63) is 65.7 Å². The van der Waals surface area contributed by atoms with Crippen molar-refractivity contribution in [2.45, 2.75) is 18.9 Å². The second-order valence-corrected chi connectivity index (χ2v) is 6.07. The summed E-state index contributed by atoms with van der Waals surface area (Å²) in [4.78, 5) is 26.5. The van der Waals surface area contributed by atoms with E-state index in [-0.39, 0.29) is 24.4 Å². The van der Waals surface area contributed by atoms with Crippen LogP contribution in [0.15, 0.2) is 54.6 Å². The van der Waals surface area contributed by atoms with Crippen LogP contribution < -0.4 is 10.1 Å². The Kier molecular flexibility index (Phi) is 5.33. The number of nitrogens with zero attached hydrogens (tertiary/aromatic N) is 1. The molecule has 2 aromatic rings. The van der Waals surface area contributed by atoms with Crippen molar-refractivity contribution in [3.8, 4) is 5.75 Å². The molecular formula is C20H22N2O3. The molecule has 130 valence electrons. The van der Waals surface area contributed by atoms with Gasteiger partial charge >= 0.3 is 0 Å². The number of carbonyl (C=O) groups excluding carboxylic acids is 2. The Morgan fingerprint density at radius 1 is 1.16 bits per heavy atom. The zero-order chi connectivity index (χ0) is 17.6. The van der Waals surface area contributed by atoms with Gasteiger partial charge in [-0.15, -0.1) is 0 Å².